The second kappa shape index (κ2) is 5.91. The Hall–Kier alpha value is -2.97. The molecule has 2 aromatic heterocycles. The number of halogens is 3. The van der Waals surface area contributed by atoms with Crippen LogP contribution in [0.5, 0.6) is 11.5 Å². The molecular formula is C15H13F3N4O2. The van der Waals surface area contributed by atoms with Crippen LogP contribution in [-0.4, -0.2) is 35.1 Å². The molecule has 6 nitrogen and oxygen atoms in total. The van der Waals surface area contributed by atoms with Gasteiger partial charge in [-0.2, -0.15) is 0 Å². The summed E-state index contributed by atoms with van der Waals surface area (Å²) in [6, 6.07) is 7.63. The summed E-state index contributed by atoms with van der Waals surface area (Å²) in [6.45, 7) is 0. The zero-order valence-electron chi connectivity index (χ0n) is 12.8. The van der Waals surface area contributed by atoms with E-state index in [1.54, 1.807) is 29.8 Å². The molecule has 0 amide bonds. The summed E-state index contributed by atoms with van der Waals surface area (Å²) in [5.74, 6) is 0.297. The molecule has 1 aromatic carbocycles. The minimum Gasteiger partial charge on any atom is -0.497 e. The molecule has 0 saturated carbocycles. The summed E-state index contributed by atoms with van der Waals surface area (Å²) in [4.78, 5) is 0. The first-order valence-corrected chi connectivity index (χ1v) is 6.88. The third kappa shape index (κ3) is 2.92. The first-order chi connectivity index (χ1) is 11.4. The predicted molar refractivity (Wildman–Crippen MR) is 81.2 cm³/mol. The summed E-state index contributed by atoms with van der Waals surface area (Å²) >= 11 is 0. The average molecular weight is 338 g/mol. The van der Waals surface area contributed by atoms with Gasteiger partial charge in [0.15, 0.2) is 0 Å². The zero-order valence-corrected chi connectivity index (χ0v) is 12.8. The van der Waals surface area contributed by atoms with Crippen LogP contribution in [0.4, 0.5) is 19.1 Å². The maximum Gasteiger partial charge on any atom is 0.573 e. The van der Waals surface area contributed by atoms with Crippen LogP contribution in [0.2, 0.25) is 0 Å². The SMILES string of the molecule is CNc1nnc(-c2ccc(OC)cc2OC(F)(F)F)c2cccn12. The molecule has 0 spiro atoms. The molecule has 0 bridgehead atoms. The van der Waals surface area contributed by atoms with Crippen molar-refractivity contribution in [2.24, 2.45) is 0 Å². The summed E-state index contributed by atoms with van der Waals surface area (Å²) in [7, 11) is 3.04. The summed E-state index contributed by atoms with van der Waals surface area (Å²) in [5.41, 5.74) is 1.01. The lowest BCUT2D eigenvalue weighted by atomic mass is 10.1. The van der Waals surface area contributed by atoms with Crippen LogP contribution in [0.3, 0.4) is 0 Å². The van der Waals surface area contributed by atoms with Crippen molar-refractivity contribution >= 4 is 11.5 Å². The van der Waals surface area contributed by atoms with Crippen LogP contribution in [0.1, 0.15) is 0 Å². The van der Waals surface area contributed by atoms with Crippen LogP contribution in [0, 0.1) is 0 Å². The maximum absolute atomic E-state index is 12.7. The van der Waals surface area contributed by atoms with E-state index in [9.17, 15) is 13.2 Å². The van der Waals surface area contributed by atoms with E-state index >= 15 is 0 Å². The number of hydrogen-bond donors (Lipinski definition) is 1. The van der Waals surface area contributed by atoms with Crippen molar-refractivity contribution in [2.45, 2.75) is 6.36 Å². The molecule has 0 fully saturated rings. The number of rotatable bonds is 4. The summed E-state index contributed by atoms with van der Waals surface area (Å²) < 4.78 is 49.0. The first kappa shape index (κ1) is 15.9. The van der Waals surface area contributed by atoms with Crippen molar-refractivity contribution in [1.29, 1.82) is 0 Å². The molecule has 0 saturated heterocycles. The fourth-order valence-electron chi connectivity index (χ4n) is 2.35. The largest absolute Gasteiger partial charge is 0.573 e. The summed E-state index contributed by atoms with van der Waals surface area (Å²) in [5, 5.41) is 10.9. The second-order valence-corrected chi connectivity index (χ2v) is 4.80. The normalized spacial score (nSPS) is 11.5. The van der Waals surface area contributed by atoms with E-state index in [0.29, 0.717) is 11.5 Å². The number of nitrogens with one attached hydrogen (secondary N) is 1. The summed E-state index contributed by atoms with van der Waals surface area (Å²) in [6.07, 6.45) is -3.11. The van der Waals surface area contributed by atoms with E-state index in [-0.39, 0.29) is 17.0 Å². The number of ether oxygens (including phenoxy) is 2. The van der Waals surface area contributed by atoms with Crippen molar-refractivity contribution < 1.29 is 22.6 Å². The van der Waals surface area contributed by atoms with Gasteiger partial charge >= 0.3 is 6.36 Å². The van der Waals surface area contributed by atoms with Gasteiger partial charge in [-0.25, -0.2) is 0 Å². The van der Waals surface area contributed by atoms with Crippen LogP contribution < -0.4 is 14.8 Å². The maximum atomic E-state index is 12.7. The number of methoxy groups -OCH3 is 1. The van der Waals surface area contributed by atoms with Gasteiger partial charge in [0.05, 0.1) is 12.6 Å². The van der Waals surface area contributed by atoms with E-state index < -0.39 is 12.1 Å². The predicted octanol–water partition coefficient (Wildman–Crippen LogP) is 3.35. The van der Waals surface area contributed by atoms with Crippen molar-refractivity contribution in [1.82, 2.24) is 14.6 Å². The molecule has 3 rings (SSSR count). The van der Waals surface area contributed by atoms with E-state index in [0.717, 1.165) is 6.07 Å². The third-order valence-electron chi connectivity index (χ3n) is 3.36. The quantitative estimate of drug-likeness (QED) is 0.790. The minimum absolute atomic E-state index is 0.159. The minimum atomic E-state index is -4.84. The lowest BCUT2D eigenvalue weighted by Crippen LogP contribution is -2.18. The van der Waals surface area contributed by atoms with Crippen molar-refractivity contribution in [2.75, 3.05) is 19.5 Å². The van der Waals surface area contributed by atoms with Gasteiger partial charge in [0.2, 0.25) is 5.95 Å². The van der Waals surface area contributed by atoms with Gasteiger partial charge in [-0.3, -0.25) is 4.40 Å². The highest BCUT2D eigenvalue weighted by molar-refractivity contribution is 5.81. The lowest BCUT2D eigenvalue weighted by Gasteiger charge is -2.15. The number of benzene rings is 1. The standard InChI is InChI=1S/C15H13F3N4O2/c1-19-14-21-20-13(11-4-3-7-22(11)14)10-6-5-9(23-2)8-12(10)24-15(16,17)18/h3-8H,1-2H3,(H,19,21). The Kier molecular flexibility index (Phi) is 3.92. The molecule has 3 aromatic rings. The zero-order chi connectivity index (χ0) is 17.3. The van der Waals surface area contributed by atoms with Gasteiger partial charge < -0.3 is 14.8 Å². The molecule has 0 radical (unpaired) electrons. The van der Waals surface area contributed by atoms with Crippen LogP contribution >= 0.6 is 0 Å². The Morgan fingerprint density at radius 2 is 1.96 bits per heavy atom. The number of hydrogen-bond acceptors (Lipinski definition) is 5. The molecule has 126 valence electrons. The van der Waals surface area contributed by atoms with Crippen molar-refractivity contribution in [3.8, 4) is 22.8 Å². The highest BCUT2D eigenvalue weighted by atomic mass is 19.4. The van der Waals surface area contributed by atoms with Gasteiger partial charge in [-0.1, -0.05) is 0 Å². The highest BCUT2D eigenvalue weighted by Gasteiger charge is 2.33. The van der Waals surface area contributed by atoms with Crippen LogP contribution in [-0.2, 0) is 0 Å². The molecule has 0 unspecified atom stereocenters. The average Bonchev–Trinajstić information content (AvgIpc) is 3.02. The molecule has 2 heterocycles. The number of anilines is 1. The lowest BCUT2D eigenvalue weighted by molar-refractivity contribution is -0.274. The van der Waals surface area contributed by atoms with Crippen molar-refractivity contribution in [3.63, 3.8) is 0 Å². The Balaban J connectivity index is 2.21. The second-order valence-electron chi connectivity index (χ2n) is 4.80. The Bertz CT molecular complexity index is 877. The Morgan fingerprint density at radius 3 is 2.62 bits per heavy atom. The van der Waals surface area contributed by atoms with Gasteiger partial charge in [0.1, 0.15) is 17.2 Å². The number of alkyl halides is 3. The van der Waals surface area contributed by atoms with Gasteiger partial charge in [-0.05, 0) is 24.3 Å². The van der Waals surface area contributed by atoms with Crippen LogP contribution in [0.25, 0.3) is 16.8 Å². The van der Waals surface area contributed by atoms with Gasteiger partial charge in [0.25, 0.3) is 0 Å². The topological polar surface area (TPSA) is 60.7 Å². The molecule has 0 aliphatic carbocycles. The Morgan fingerprint density at radius 1 is 1.17 bits per heavy atom. The molecular weight excluding hydrogens is 325 g/mol. The monoisotopic (exact) mass is 338 g/mol. The number of nitrogens with zero attached hydrogens (tertiary/aromatic N) is 3. The fourth-order valence-corrected chi connectivity index (χ4v) is 2.35. The molecule has 9 heteroatoms. The third-order valence-corrected chi connectivity index (χ3v) is 3.36. The smallest absolute Gasteiger partial charge is 0.497 e. The van der Waals surface area contributed by atoms with Crippen LogP contribution in [0.15, 0.2) is 36.5 Å². The molecule has 0 aliphatic rings. The van der Waals surface area contributed by atoms with Gasteiger partial charge in [0, 0.05) is 24.9 Å². The van der Waals surface area contributed by atoms with Gasteiger partial charge in [-0.15, -0.1) is 23.4 Å². The number of aromatic nitrogens is 3. The molecule has 1 N–H and O–H groups in total. The van der Waals surface area contributed by atoms with E-state index in [4.69, 9.17) is 4.74 Å². The van der Waals surface area contributed by atoms with E-state index in [1.165, 1.54) is 19.2 Å². The number of fused-ring (bicyclic) bond motifs is 1. The molecule has 0 aliphatic heterocycles. The van der Waals surface area contributed by atoms with E-state index in [2.05, 4.69) is 20.3 Å². The molecule has 24 heavy (non-hydrogen) atoms. The Labute approximate surface area is 134 Å². The van der Waals surface area contributed by atoms with Crippen molar-refractivity contribution in [3.05, 3.63) is 36.5 Å². The molecule has 0 atom stereocenters. The first-order valence-electron chi connectivity index (χ1n) is 6.88. The fraction of sp³-hybridized carbons (Fsp3) is 0.200. The van der Waals surface area contributed by atoms with E-state index in [1.807, 2.05) is 0 Å². The highest BCUT2D eigenvalue weighted by Crippen LogP contribution is 2.37.